The summed E-state index contributed by atoms with van der Waals surface area (Å²) >= 11 is 0. The normalized spacial score (nSPS) is 24.5. The molecule has 1 aliphatic carbocycles. The quantitative estimate of drug-likeness (QED) is 0.746. The Hall–Kier alpha value is -0.130. The summed E-state index contributed by atoms with van der Waals surface area (Å²) in [5.41, 5.74) is 0.293. The Balaban J connectivity index is 1.99. The van der Waals surface area contributed by atoms with Crippen LogP contribution < -0.4 is 5.32 Å². The van der Waals surface area contributed by atoms with E-state index in [-0.39, 0.29) is 5.75 Å². The number of likely N-dealkylation sites (N-methyl/N-ethyl adjacent to an activating group) is 1. The highest BCUT2D eigenvalue weighted by Gasteiger charge is 2.45. The molecule has 1 saturated carbocycles. The summed E-state index contributed by atoms with van der Waals surface area (Å²) in [5, 5.41) is 3.53. The van der Waals surface area contributed by atoms with Crippen LogP contribution in [0.25, 0.3) is 0 Å². The van der Waals surface area contributed by atoms with Crippen LogP contribution in [0, 0.1) is 0 Å². The lowest BCUT2D eigenvalue weighted by atomic mass is 9.83. The molecule has 2 rings (SSSR count). The number of nitrogens with one attached hydrogen (secondary N) is 1. The van der Waals surface area contributed by atoms with Gasteiger partial charge in [0.25, 0.3) is 0 Å². The maximum Gasteiger partial charge on any atom is 0.150 e. The van der Waals surface area contributed by atoms with Crippen LogP contribution in [0.15, 0.2) is 0 Å². The Morgan fingerprint density at radius 1 is 1.14 bits per heavy atom. The van der Waals surface area contributed by atoms with E-state index in [0.29, 0.717) is 17.3 Å². The third kappa shape index (κ3) is 3.99. The van der Waals surface area contributed by atoms with Crippen LogP contribution in [0.1, 0.15) is 58.3 Å². The van der Waals surface area contributed by atoms with Gasteiger partial charge in [0.15, 0.2) is 0 Å². The van der Waals surface area contributed by atoms with Crippen molar-refractivity contribution >= 4 is 9.84 Å². The first-order valence-corrected chi connectivity index (χ1v) is 10.5. The minimum absolute atomic E-state index is 0.272. The van der Waals surface area contributed by atoms with Crippen molar-refractivity contribution in [3.8, 4) is 0 Å². The molecule has 0 aromatic carbocycles. The Kier molecular flexibility index (Phi) is 6.09. The zero-order chi connectivity index (χ0) is 15.3. The molecule has 5 heteroatoms. The standard InChI is InChI=1S/C16H32N2O2S/c1-3-21(19,20)14-8-9-15(17-2)16(10-4-5-11-16)18-12-6-7-13-18/h15,17H,3-14H2,1-2H3. The monoisotopic (exact) mass is 316 g/mol. The molecule has 4 nitrogen and oxygen atoms in total. The average Bonchev–Trinajstić information content (AvgIpc) is 3.14. The first kappa shape index (κ1) is 17.2. The summed E-state index contributed by atoms with van der Waals surface area (Å²) in [7, 11) is -0.776. The highest BCUT2D eigenvalue weighted by Crippen LogP contribution is 2.41. The molecule has 0 radical (unpaired) electrons. The summed E-state index contributed by atoms with van der Waals surface area (Å²) in [6, 6.07) is 0.435. The first-order chi connectivity index (χ1) is 10.0. The number of hydrogen-bond acceptors (Lipinski definition) is 4. The van der Waals surface area contributed by atoms with Crippen molar-refractivity contribution in [1.29, 1.82) is 0 Å². The first-order valence-electron chi connectivity index (χ1n) is 8.67. The Bertz CT molecular complexity index is 410. The summed E-state index contributed by atoms with van der Waals surface area (Å²) in [4.78, 5) is 2.70. The van der Waals surface area contributed by atoms with Gasteiger partial charge in [0.05, 0.1) is 5.75 Å². The van der Waals surface area contributed by atoms with Gasteiger partial charge >= 0.3 is 0 Å². The van der Waals surface area contributed by atoms with Crippen LogP contribution in [0.4, 0.5) is 0 Å². The second kappa shape index (κ2) is 7.42. The largest absolute Gasteiger partial charge is 0.315 e. The van der Waals surface area contributed by atoms with E-state index in [0.717, 1.165) is 12.8 Å². The van der Waals surface area contributed by atoms with E-state index in [1.807, 2.05) is 0 Å². The van der Waals surface area contributed by atoms with Crippen LogP contribution in [0.3, 0.4) is 0 Å². The van der Waals surface area contributed by atoms with Crippen LogP contribution in [-0.4, -0.2) is 56.5 Å². The van der Waals surface area contributed by atoms with Gasteiger partial charge in [0, 0.05) is 17.3 Å². The van der Waals surface area contributed by atoms with E-state index in [9.17, 15) is 8.42 Å². The molecule has 1 unspecified atom stereocenters. The molecular weight excluding hydrogens is 284 g/mol. The third-order valence-electron chi connectivity index (χ3n) is 5.59. The van der Waals surface area contributed by atoms with Gasteiger partial charge in [0.1, 0.15) is 9.84 Å². The molecule has 1 heterocycles. The maximum absolute atomic E-state index is 11.7. The van der Waals surface area contributed by atoms with Gasteiger partial charge in [-0.1, -0.05) is 19.8 Å². The summed E-state index contributed by atoms with van der Waals surface area (Å²) < 4.78 is 23.4. The molecule has 21 heavy (non-hydrogen) atoms. The van der Waals surface area contributed by atoms with Gasteiger partial charge in [-0.3, -0.25) is 4.90 Å². The lowest BCUT2D eigenvalue weighted by Gasteiger charge is -2.45. The van der Waals surface area contributed by atoms with Crippen LogP contribution in [0.5, 0.6) is 0 Å². The Morgan fingerprint density at radius 3 is 2.29 bits per heavy atom. The van der Waals surface area contributed by atoms with E-state index in [4.69, 9.17) is 0 Å². The van der Waals surface area contributed by atoms with Crippen molar-refractivity contribution in [2.75, 3.05) is 31.6 Å². The van der Waals surface area contributed by atoms with Crippen molar-refractivity contribution in [2.24, 2.45) is 0 Å². The Labute approximate surface area is 130 Å². The molecule has 0 bridgehead atoms. The molecule has 0 amide bonds. The molecule has 124 valence electrons. The number of hydrogen-bond donors (Lipinski definition) is 1. The van der Waals surface area contributed by atoms with Crippen molar-refractivity contribution in [1.82, 2.24) is 10.2 Å². The molecule has 0 spiro atoms. The maximum atomic E-state index is 11.7. The number of nitrogens with zero attached hydrogens (tertiary/aromatic N) is 1. The van der Waals surface area contributed by atoms with E-state index in [1.54, 1.807) is 6.92 Å². The van der Waals surface area contributed by atoms with Crippen LogP contribution >= 0.6 is 0 Å². The lowest BCUT2D eigenvalue weighted by Crippen LogP contribution is -2.58. The molecule has 1 saturated heterocycles. The number of likely N-dealkylation sites (tertiary alicyclic amines) is 1. The number of rotatable bonds is 8. The Morgan fingerprint density at radius 2 is 1.76 bits per heavy atom. The molecule has 2 aliphatic rings. The predicted molar refractivity (Wildman–Crippen MR) is 88.4 cm³/mol. The molecule has 1 aliphatic heterocycles. The highest BCUT2D eigenvalue weighted by atomic mass is 32.2. The van der Waals surface area contributed by atoms with Gasteiger partial charge in [-0.05, 0) is 58.7 Å². The van der Waals surface area contributed by atoms with Crippen molar-refractivity contribution in [2.45, 2.75) is 69.9 Å². The van der Waals surface area contributed by atoms with Crippen LogP contribution in [0.2, 0.25) is 0 Å². The molecular formula is C16H32N2O2S. The summed E-state index contributed by atoms with van der Waals surface area (Å²) in [6.07, 6.45) is 9.61. The van der Waals surface area contributed by atoms with Crippen molar-refractivity contribution in [3.63, 3.8) is 0 Å². The number of sulfone groups is 1. The second-order valence-corrected chi connectivity index (χ2v) is 9.20. The van der Waals surface area contributed by atoms with E-state index < -0.39 is 9.84 Å². The topological polar surface area (TPSA) is 49.4 Å². The second-order valence-electron chi connectivity index (χ2n) is 6.72. The summed E-state index contributed by atoms with van der Waals surface area (Å²) in [6.45, 7) is 4.20. The average molecular weight is 317 g/mol. The smallest absolute Gasteiger partial charge is 0.150 e. The highest BCUT2D eigenvalue weighted by molar-refractivity contribution is 7.91. The van der Waals surface area contributed by atoms with Gasteiger partial charge in [-0.15, -0.1) is 0 Å². The fourth-order valence-electron chi connectivity index (χ4n) is 4.37. The molecule has 1 N–H and O–H groups in total. The minimum Gasteiger partial charge on any atom is -0.315 e. The fourth-order valence-corrected chi connectivity index (χ4v) is 5.26. The van der Waals surface area contributed by atoms with Gasteiger partial charge < -0.3 is 5.32 Å². The zero-order valence-electron chi connectivity index (χ0n) is 13.7. The van der Waals surface area contributed by atoms with Gasteiger partial charge in [0.2, 0.25) is 0 Å². The SMILES string of the molecule is CCS(=O)(=O)CCCC(NC)C1(N2CCCC2)CCCC1. The van der Waals surface area contributed by atoms with Crippen molar-refractivity contribution in [3.05, 3.63) is 0 Å². The third-order valence-corrected chi connectivity index (χ3v) is 7.38. The molecule has 2 fully saturated rings. The van der Waals surface area contributed by atoms with E-state index in [2.05, 4.69) is 17.3 Å². The molecule has 1 atom stereocenters. The predicted octanol–water partition coefficient (Wildman–Crippen LogP) is 2.20. The molecule has 0 aromatic rings. The van der Waals surface area contributed by atoms with E-state index in [1.165, 1.54) is 51.6 Å². The fraction of sp³-hybridized carbons (Fsp3) is 1.00. The van der Waals surface area contributed by atoms with Crippen molar-refractivity contribution < 1.29 is 8.42 Å². The minimum atomic E-state index is -2.83. The van der Waals surface area contributed by atoms with Gasteiger partial charge in [-0.25, -0.2) is 8.42 Å². The lowest BCUT2D eigenvalue weighted by molar-refractivity contribution is 0.0759. The van der Waals surface area contributed by atoms with E-state index >= 15 is 0 Å². The zero-order valence-corrected chi connectivity index (χ0v) is 14.6. The van der Waals surface area contributed by atoms with Crippen LogP contribution in [-0.2, 0) is 9.84 Å². The molecule has 0 aromatic heterocycles. The summed E-state index contributed by atoms with van der Waals surface area (Å²) in [5.74, 6) is 0.617. The van der Waals surface area contributed by atoms with Gasteiger partial charge in [-0.2, -0.15) is 0 Å².